The number of ether oxygens (including phenoxy) is 1. The second-order valence-electron chi connectivity index (χ2n) is 6.19. The number of methoxy groups -OCH3 is 1. The Morgan fingerprint density at radius 1 is 1.12 bits per heavy atom. The normalized spacial score (nSPS) is 15.2. The molecule has 6 nitrogen and oxygen atoms in total. The van der Waals surface area contributed by atoms with Crippen LogP contribution in [0.25, 0.3) is 0 Å². The summed E-state index contributed by atoms with van der Waals surface area (Å²) in [4.78, 5) is 16.0. The summed E-state index contributed by atoms with van der Waals surface area (Å²) in [6.45, 7) is 4.47. The van der Waals surface area contributed by atoms with Crippen molar-refractivity contribution < 1.29 is 14.6 Å². The Morgan fingerprint density at radius 3 is 2.40 bits per heavy atom. The lowest BCUT2D eigenvalue weighted by atomic mass is 10.1. The average Bonchev–Trinajstić information content (AvgIpc) is 2.63. The Hall–Kier alpha value is -2.73. The zero-order valence-corrected chi connectivity index (χ0v) is 14.3. The van der Waals surface area contributed by atoms with Gasteiger partial charge in [-0.05, 0) is 42.0 Å². The van der Waals surface area contributed by atoms with Gasteiger partial charge >= 0.3 is 5.97 Å². The molecule has 0 radical (unpaired) electrons. The summed E-state index contributed by atoms with van der Waals surface area (Å²) >= 11 is 0. The molecule has 0 amide bonds. The van der Waals surface area contributed by atoms with Crippen LogP contribution in [-0.2, 0) is 6.54 Å². The highest BCUT2D eigenvalue weighted by Crippen LogP contribution is 2.22. The van der Waals surface area contributed by atoms with Crippen LogP contribution in [0.1, 0.15) is 15.9 Å². The third kappa shape index (κ3) is 4.03. The van der Waals surface area contributed by atoms with Crippen LogP contribution in [0.3, 0.4) is 0 Å². The third-order valence-electron chi connectivity index (χ3n) is 4.53. The molecule has 1 heterocycles. The van der Waals surface area contributed by atoms with Crippen molar-refractivity contribution in [1.29, 1.82) is 0 Å². The molecule has 2 aromatic rings. The second-order valence-corrected chi connectivity index (χ2v) is 6.19. The van der Waals surface area contributed by atoms with Gasteiger partial charge in [-0.3, -0.25) is 4.90 Å². The number of nitrogens with zero attached hydrogens (tertiary/aromatic N) is 2. The Labute approximate surface area is 147 Å². The second kappa shape index (κ2) is 7.44. The summed E-state index contributed by atoms with van der Waals surface area (Å²) in [5.41, 5.74) is 8.90. The van der Waals surface area contributed by atoms with Crippen molar-refractivity contribution in [2.45, 2.75) is 6.54 Å². The van der Waals surface area contributed by atoms with Crippen molar-refractivity contribution in [1.82, 2.24) is 4.90 Å². The number of hydrogen-bond acceptors (Lipinski definition) is 5. The topological polar surface area (TPSA) is 79.0 Å². The Morgan fingerprint density at radius 2 is 1.80 bits per heavy atom. The van der Waals surface area contributed by atoms with Crippen LogP contribution in [0.15, 0.2) is 42.5 Å². The van der Waals surface area contributed by atoms with Crippen molar-refractivity contribution in [2.24, 2.45) is 0 Å². The van der Waals surface area contributed by atoms with Crippen LogP contribution in [0, 0.1) is 0 Å². The van der Waals surface area contributed by atoms with Crippen LogP contribution in [0.2, 0.25) is 0 Å². The summed E-state index contributed by atoms with van der Waals surface area (Å²) in [6.07, 6.45) is 0. The molecule has 0 atom stereocenters. The van der Waals surface area contributed by atoms with Gasteiger partial charge in [0.2, 0.25) is 0 Å². The van der Waals surface area contributed by atoms with Gasteiger partial charge in [-0.25, -0.2) is 4.79 Å². The molecule has 1 aliphatic heterocycles. The Kier molecular flexibility index (Phi) is 5.09. The molecule has 1 fully saturated rings. The quantitative estimate of drug-likeness (QED) is 0.813. The molecule has 0 saturated carbocycles. The molecule has 132 valence electrons. The number of hydrogen-bond donors (Lipinski definition) is 2. The van der Waals surface area contributed by atoms with E-state index in [-0.39, 0.29) is 5.56 Å². The van der Waals surface area contributed by atoms with E-state index in [4.69, 9.17) is 10.5 Å². The molecule has 0 unspecified atom stereocenters. The molecule has 25 heavy (non-hydrogen) atoms. The smallest absolute Gasteiger partial charge is 0.339 e. The van der Waals surface area contributed by atoms with E-state index in [0.717, 1.165) is 44.0 Å². The van der Waals surface area contributed by atoms with Crippen LogP contribution >= 0.6 is 0 Å². The van der Waals surface area contributed by atoms with Crippen LogP contribution in [0.5, 0.6) is 5.75 Å². The predicted molar refractivity (Wildman–Crippen MR) is 98.3 cm³/mol. The predicted octanol–water partition coefficient (Wildman–Crippen LogP) is 2.30. The molecule has 0 aromatic heterocycles. The number of carboxylic acid groups (broad SMARTS) is 1. The fourth-order valence-electron chi connectivity index (χ4n) is 3.13. The minimum absolute atomic E-state index is 0.209. The molecule has 1 aliphatic rings. The minimum Gasteiger partial charge on any atom is -0.496 e. The van der Waals surface area contributed by atoms with Crippen molar-refractivity contribution in [2.75, 3.05) is 43.9 Å². The van der Waals surface area contributed by atoms with E-state index >= 15 is 0 Å². The van der Waals surface area contributed by atoms with Crippen molar-refractivity contribution in [3.8, 4) is 5.75 Å². The lowest BCUT2D eigenvalue weighted by Gasteiger charge is -2.36. The monoisotopic (exact) mass is 341 g/mol. The van der Waals surface area contributed by atoms with E-state index < -0.39 is 5.97 Å². The zero-order chi connectivity index (χ0) is 17.8. The summed E-state index contributed by atoms with van der Waals surface area (Å²) < 4.78 is 5.11. The van der Waals surface area contributed by atoms with Crippen LogP contribution < -0.4 is 15.4 Å². The number of anilines is 2. The molecule has 1 saturated heterocycles. The SMILES string of the molecule is COc1ccc(CN2CCN(c3ccc(N)cc3)CC2)cc1C(=O)O. The van der Waals surface area contributed by atoms with Gasteiger partial charge in [-0.1, -0.05) is 6.07 Å². The van der Waals surface area contributed by atoms with E-state index in [1.165, 1.54) is 12.8 Å². The zero-order valence-electron chi connectivity index (χ0n) is 14.3. The number of carboxylic acids is 1. The first-order chi connectivity index (χ1) is 12.1. The highest BCUT2D eigenvalue weighted by Gasteiger charge is 2.18. The van der Waals surface area contributed by atoms with Gasteiger partial charge in [-0.15, -0.1) is 0 Å². The van der Waals surface area contributed by atoms with E-state index in [0.29, 0.717) is 5.75 Å². The molecule has 3 rings (SSSR count). The van der Waals surface area contributed by atoms with E-state index in [9.17, 15) is 9.90 Å². The summed E-state index contributed by atoms with van der Waals surface area (Å²) in [7, 11) is 1.48. The highest BCUT2D eigenvalue weighted by atomic mass is 16.5. The fraction of sp³-hybridized carbons (Fsp3) is 0.316. The molecule has 2 aromatic carbocycles. The molecule has 0 aliphatic carbocycles. The molecule has 3 N–H and O–H groups in total. The van der Waals surface area contributed by atoms with E-state index in [1.807, 2.05) is 30.3 Å². The molecular weight excluding hydrogens is 318 g/mol. The first kappa shape index (κ1) is 17.1. The van der Waals surface area contributed by atoms with Gasteiger partial charge in [0.05, 0.1) is 7.11 Å². The first-order valence-electron chi connectivity index (χ1n) is 8.30. The van der Waals surface area contributed by atoms with E-state index in [2.05, 4.69) is 9.80 Å². The van der Waals surface area contributed by atoms with Crippen molar-refractivity contribution in [3.63, 3.8) is 0 Å². The summed E-state index contributed by atoms with van der Waals surface area (Å²) in [5.74, 6) is -0.573. The number of piperazine rings is 1. The highest BCUT2D eigenvalue weighted by molar-refractivity contribution is 5.91. The molecule has 0 spiro atoms. The number of aromatic carboxylic acids is 1. The van der Waals surface area contributed by atoms with E-state index in [1.54, 1.807) is 12.1 Å². The largest absolute Gasteiger partial charge is 0.496 e. The summed E-state index contributed by atoms with van der Waals surface area (Å²) in [6, 6.07) is 13.3. The Balaban J connectivity index is 1.61. The fourth-order valence-corrected chi connectivity index (χ4v) is 3.13. The lowest BCUT2D eigenvalue weighted by Crippen LogP contribution is -2.45. The molecular formula is C19H23N3O3. The van der Waals surface area contributed by atoms with Crippen molar-refractivity contribution >= 4 is 17.3 Å². The van der Waals surface area contributed by atoms with Crippen molar-refractivity contribution in [3.05, 3.63) is 53.6 Å². The van der Waals surface area contributed by atoms with Gasteiger partial charge in [0.1, 0.15) is 11.3 Å². The van der Waals surface area contributed by atoms with Crippen LogP contribution in [0.4, 0.5) is 11.4 Å². The number of nitrogens with two attached hydrogens (primary N) is 1. The van der Waals surface area contributed by atoms with Gasteiger partial charge in [0.25, 0.3) is 0 Å². The maximum absolute atomic E-state index is 11.3. The number of benzene rings is 2. The van der Waals surface area contributed by atoms with Gasteiger partial charge < -0.3 is 20.5 Å². The maximum atomic E-state index is 11.3. The standard InChI is InChI=1S/C19H23N3O3/c1-25-18-7-2-14(12-17(18)19(23)24)13-21-8-10-22(11-9-21)16-5-3-15(20)4-6-16/h2-7,12H,8-11,13,20H2,1H3,(H,23,24). The number of rotatable bonds is 5. The summed E-state index contributed by atoms with van der Waals surface area (Å²) in [5, 5.41) is 9.30. The number of carbonyl (C=O) groups is 1. The lowest BCUT2D eigenvalue weighted by molar-refractivity contribution is 0.0693. The number of nitrogen functional groups attached to an aromatic ring is 1. The van der Waals surface area contributed by atoms with Gasteiger partial charge in [0.15, 0.2) is 0 Å². The minimum atomic E-state index is -0.966. The first-order valence-corrected chi connectivity index (χ1v) is 8.30. The average molecular weight is 341 g/mol. The third-order valence-corrected chi connectivity index (χ3v) is 4.53. The van der Waals surface area contributed by atoms with Gasteiger partial charge in [-0.2, -0.15) is 0 Å². The molecule has 0 bridgehead atoms. The molecule has 6 heteroatoms. The van der Waals surface area contributed by atoms with Gasteiger partial charge in [0, 0.05) is 44.1 Å². The maximum Gasteiger partial charge on any atom is 0.339 e. The van der Waals surface area contributed by atoms with Crippen LogP contribution in [-0.4, -0.2) is 49.3 Å². The Bertz CT molecular complexity index is 738.